The maximum atomic E-state index is 12.2. The lowest BCUT2D eigenvalue weighted by molar-refractivity contribution is -0.159. The lowest BCUT2D eigenvalue weighted by Crippen LogP contribution is -2.79. The van der Waals surface area contributed by atoms with Gasteiger partial charge in [-0.2, -0.15) is 0 Å². The fraction of sp³-hybridized carbons (Fsp3) is 0.941. The van der Waals surface area contributed by atoms with Gasteiger partial charge in [-0.05, 0) is 12.3 Å². The Kier molecular flexibility index (Phi) is 4.25. The van der Waals surface area contributed by atoms with Crippen molar-refractivity contribution in [1.82, 2.24) is 14.7 Å². The highest BCUT2D eigenvalue weighted by Crippen LogP contribution is 2.39. The first kappa shape index (κ1) is 16.2. The summed E-state index contributed by atoms with van der Waals surface area (Å²) in [6, 6.07) is 0.457. The van der Waals surface area contributed by atoms with Crippen molar-refractivity contribution in [2.24, 2.45) is 11.8 Å². The molecule has 2 unspecified atom stereocenters. The van der Waals surface area contributed by atoms with E-state index in [1.165, 1.54) is 0 Å². The average molecular weight is 309 g/mol. The molecule has 3 fully saturated rings. The summed E-state index contributed by atoms with van der Waals surface area (Å²) in [5.74, 6) is 0.999. The zero-order valence-electron chi connectivity index (χ0n) is 14.5. The summed E-state index contributed by atoms with van der Waals surface area (Å²) in [6.45, 7) is 14.1. The third-order valence-electron chi connectivity index (χ3n) is 5.39. The predicted octanol–water partition coefficient (Wildman–Crippen LogP) is 0.630. The van der Waals surface area contributed by atoms with Gasteiger partial charge in [0.1, 0.15) is 0 Å². The average Bonchev–Trinajstić information content (AvgIpc) is 2.73. The maximum Gasteiger partial charge on any atom is 0.225 e. The number of carbonyl (C=O) groups is 1. The molecule has 0 bridgehead atoms. The molecule has 1 amide bonds. The smallest absolute Gasteiger partial charge is 0.225 e. The van der Waals surface area contributed by atoms with Crippen molar-refractivity contribution in [3.63, 3.8) is 0 Å². The largest absolute Gasteiger partial charge is 0.392 e. The summed E-state index contributed by atoms with van der Waals surface area (Å²) in [6.07, 6.45) is 0.685. The fourth-order valence-electron chi connectivity index (χ4n) is 4.64. The molecular formula is C17H31N3O2. The first-order chi connectivity index (χ1) is 10.3. The van der Waals surface area contributed by atoms with E-state index in [1.54, 1.807) is 0 Å². The van der Waals surface area contributed by atoms with Crippen LogP contribution in [0.15, 0.2) is 0 Å². The van der Waals surface area contributed by atoms with E-state index in [-0.39, 0.29) is 23.5 Å². The topological polar surface area (TPSA) is 47.0 Å². The van der Waals surface area contributed by atoms with Crippen LogP contribution < -0.4 is 0 Å². The molecule has 3 saturated heterocycles. The van der Waals surface area contributed by atoms with Crippen molar-refractivity contribution in [2.45, 2.75) is 51.8 Å². The minimum Gasteiger partial charge on any atom is -0.392 e. The molecule has 1 N–H and O–H groups in total. The number of piperazine rings is 1. The Balaban J connectivity index is 1.72. The molecule has 5 nitrogen and oxygen atoms in total. The van der Waals surface area contributed by atoms with Gasteiger partial charge in [-0.25, -0.2) is 0 Å². The van der Waals surface area contributed by atoms with E-state index >= 15 is 0 Å². The molecule has 0 radical (unpaired) electrons. The van der Waals surface area contributed by atoms with E-state index in [1.807, 2.05) is 18.7 Å². The van der Waals surface area contributed by atoms with Crippen LogP contribution in [0.2, 0.25) is 0 Å². The van der Waals surface area contributed by atoms with E-state index in [2.05, 4.69) is 23.6 Å². The molecule has 5 heteroatoms. The third-order valence-corrected chi connectivity index (χ3v) is 5.39. The molecule has 3 aliphatic rings. The number of hydrogen-bond acceptors (Lipinski definition) is 4. The van der Waals surface area contributed by atoms with Gasteiger partial charge in [-0.1, -0.05) is 27.7 Å². The summed E-state index contributed by atoms with van der Waals surface area (Å²) in [5.41, 5.74) is 0.0832. The monoisotopic (exact) mass is 309 g/mol. The highest BCUT2D eigenvalue weighted by Gasteiger charge is 2.57. The Morgan fingerprint density at radius 3 is 2.45 bits per heavy atom. The number of β-amino-alcohol motifs (C(OH)–C–C–N with tert-alkyl or cyclic N) is 1. The van der Waals surface area contributed by atoms with Crippen molar-refractivity contribution in [3.8, 4) is 0 Å². The molecule has 0 saturated carbocycles. The van der Waals surface area contributed by atoms with E-state index in [9.17, 15) is 9.90 Å². The SMILES string of the molecule is CC(C)CN1CC2CC(O)CN2C2(C1)CN(C(=O)C(C)C)C2. The number of likely N-dealkylation sites (tertiary alicyclic amines) is 1. The number of rotatable bonds is 3. The number of aliphatic hydroxyl groups excluding tert-OH is 1. The molecule has 3 heterocycles. The Hall–Kier alpha value is -0.650. The van der Waals surface area contributed by atoms with Crippen molar-refractivity contribution < 1.29 is 9.90 Å². The first-order valence-corrected chi connectivity index (χ1v) is 8.77. The van der Waals surface area contributed by atoms with Gasteiger partial charge in [0.05, 0.1) is 11.6 Å². The van der Waals surface area contributed by atoms with Gasteiger partial charge in [-0.3, -0.25) is 14.6 Å². The molecule has 0 aromatic heterocycles. The van der Waals surface area contributed by atoms with Gasteiger partial charge in [0.2, 0.25) is 5.91 Å². The van der Waals surface area contributed by atoms with Gasteiger partial charge in [-0.15, -0.1) is 0 Å². The number of carbonyl (C=O) groups excluding carboxylic acids is 1. The fourth-order valence-corrected chi connectivity index (χ4v) is 4.64. The van der Waals surface area contributed by atoms with E-state index in [0.717, 1.165) is 45.7 Å². The summed E-state index contributed by atoms with van der Waals surface area (Å²) >= 11 is 0. The maximum absolute atomic E-state index is 12.2. The van der Waals surface area contributed by atoms with Crippen LogP contribution in [0.1, 0.15) is 34.1 Å². The second-order valence-electron chi connectivity index (χ2n) is 8.36. The first-order valence-electron chi connectivity index (χ1n) is 8.77. The molecule has 0 aromatic carbocycles. The third kappa shape index (κ3) is 2.79. The number of nitrogens with zero attached hydrogens (tertiary/aromatic N) is 3. The van der Waals surface area contributed by atoms with Gasteiger partial charge in [0.15, 0.2) is 0 Å². The predicted molar refractivity (Wildman–Crippen MR) is 86.5 cm³/mol. The quantitative estimate of drug-likeness (QED) is 0.831. The molecule has 3 rings (SSSR count). The lowest BCUT2D eigenvalue weighted by atomic mass is 9.83. The zero-order chi connectivity index (χ0) is 16.1. The van der Waals surface area contributed by atoms with Crippen molar-refractivity contribution >= 4 is 5.91 Å². The second-order valence-corrected chi connectivity index (χ2v) is 8.36. The summed E-state index contributed by atoms with van der Waals surface area (Å²) in [5, 5.41) is 10.1. The zero-order valence-corrected chi connectivity index (χ0v) is 14.5. The molecule has 1 spiro atoms. The second kappa shape index (κ2) is 5.77. The number of amides is 1. The van der Waals surface area contributed by atoms with Gasteiger partial charge in [0, 0.05) is 51.2 Å². The number of fused-ring (bicyclic) bond motifs is 2. The van der Waals surface area contributed by atoms with Crippen LogP contribution in [-0.2, 0) is 4.79 Å². The molecular weight excluding hydrogens is 278 g/mol. The highest BCUT2D eigenvalue weighted by atomic mass is 16.3. The number of aliphatic hydroxyl groups is 1. The molecule has 126 valence electrons. The molecule has 0 aromatic rings. The van der Waals surface area contributed by atoms with Crippen LogP contribution in [0.5, 0.6) is 0 Å². The van der Waals surface area contributed by atoms with Gasteiger partial charge in [0.25, 0.3) is 0 Å². The Bertz CT molecular complexity index is 432. The summed E-state index contributed by atoms with van der Waals surface area (Å²) in [7, 11) is 0. The van der Waals surface area contributed by atoms with Crippen molar-refractivity contribution in [3.05, 3.63) is 0 Å². The van der Waals surface area contributed by atoms with Crippen molar-refractivity contribution in [2.75, 3.05) is 39.3 Å². The van der Waals surface area contributed by atoms with Crippen LogP contribution in [0.25, 0.3) is 0 Å². The minimum absolute atomic E-state index is 0.0765. The molecule has 3 aliphatic heterocycles. The lowest BCUT2D eigenvalue weighted by Gasteiger charge is -2.61. The summed E-state index contributed by atoms with van der Waals surface area (Å²) in [4.78, 5) is 19.3. The number of hydrogen-bond donors (Lipinski definition) is 1. The van der Waals surface area contributed by atoms with Crippen LogP contribution in [0.4, 0.5) is 0 Å². The minimum atomic E-state index is -0.198. The van der Waals surface area contributed by atoms with Gasteiger partial charge < -0.3 is 10.0 Å². The van der Waals surface area contributed by atoms with Crippen LogP contribution in [0.3, 0.4) is 0 Å². The van der Waals surface area contributed by atoms with Crippen molar-refractivity contribution in [1.29, 1.82) is 0 Å². The molecule has 22 heavy (non-hydrogen) atoms. The Labute approximate surface area is 134 Å². The van der Waals surface area contributed by atoms with Crippen LogP contribution >= 0.6 is 0 Å². The van der Waals surface area contributed by atoms with Crippen LogP contribution in [0, 0.1) is 11.8 Å². The Morgan fingerprint density at radius 2 is 1.86 bits per heavy atom. The normalized spacial score (nSPS) is 31.9. The van der Waals surface area contributed by atoms with Crippen LogP contribution in [-0.4, -0.2) is 82.7 Å². The van der Waals surface area contributed by atoms with E-state index in [4.69, 9.17) is 0 Å². The van der Waals surface area contributed by atoms with E-state index < -0.39 is 0 Å². The highest BCUT2D eigenvalue weighted by molar-refractivity contribution is 5.79. The summed E-state index contributed by atoms with van der Waals surface area (Å²) < 4.78 is 0. The Morgan fingerprint density at radius 1 is 1.18 bits per heavy atom. The standard InChI is InChI=1S/C17H31N3O2/c1-12(2)6-18-7-14-5-15(21)8-20(14)17(9-18)10-19(11-17)16(22)13(3)4/h12-15,21H,5-11H2,1-4H3. The van der Waals surface area contributed by atoms with Gasteiger partial charge >= 0.3 is 0 Å². The molecule has 2 atom stereocenters. The molecule has 0 aliphatic carbocycles. The van der Waals surface area contributed by atoms with E-state index in [0.29, 0.717) is 12.0 Å².